The van der Waals surface area contributed by atoms with E-state index in [4.69, 9.17) is 19.6 Å². The van der Waals surface area contributed by atoms with Crippen LogP contribution in [-0.4, -0.2) is 56.8 Å². The van der Waals surface area contributed by atoms with Crippen molar-refractivity contribution in [2.45, 2.75) is 38.8 Å². The molecule has 1 aliphatic carbocycles. The zero-order valence-corrected chi connectivity index (χ0v) is 20.0. The maximum atomic E-state index is 12.2. The molecule has 178 valence electrons. The number of rotatable bonds is 4. The molecule has 0 N–H and O–H groups in total. The van der Waals surface area contributed by atoms with E-state index in [1.807, 2.05) is 39.9 Å². The van der Waals surface area contributed by atoms with Crippen LogP contribution in [0.1, 0.15) is 42.8 Å². The molecule has 1 saturated heterocycles. The lowest BCUT2D eigenvalue weighted by molar-refractivity contribution is -0.129. The molecule has 0 unspecified atom stereocenters. The Morgan fingerprint density at radius 1 is 1.23 bits per heavy atom. The minimum atomic E-state index is 0.0908. The molecule has 1 amide bonds. The largest absolute Gasteiger partial charge is 0.489 e. The molecule has 5 heterocycles. The fourth-order valence-corrected chi connectivity index (χ4v) is 5.13. The number of amides is 1. The Bertz CT molecular complexity index is 1460. The molecule has 8 heteroatoms. The van der Waals surface area contributed by atoms with Crippen LogP contribution in [0.25, 0.3) is 22.5 Å². The van der Waals surface area contributed by atoms with Crippen molar-refractivity contribution in [3.05, 3.63) is 70.9 Å². The van der Waals surface area contributed by atoms with Gasteiger partial charge in [-0.3, -0.25) is 9.48 Å². The van der Waals surface area contributed by atoms with Gasteiger partial charge in [0.2, 0.25) is 5.91 Å². The molecule has 0 aromatic carbocycles. The highest BCUT2D eigenvalue weighted by Crippen LogP contribution is 2.36. The SMILES string of the molecule is COC1=C=C=C(c2cn3cccc(-c4nn(C5CCOCC5)c5c4CN(C(C)=O)CC5)c3n2)C=C1. The van der Waals surface area contributed by atoms with E-state index in [1.54, 1.807) is 14.0 Å². The van der Waals surface area contributed by atoms with Crippen LogP contribution in [0.4, 0.5) is 0 Å². The molecular weight excluding hydrogens is 442 g/mol. The van der Waals surface area contributed by atoms with Gasteiger partial charge in [0, 0.05) is 68.9 Å². The van der Waals surface area contributed by atoms with Gasteiger partial charge in [0.1, 0.15) is 11.3 Å². The smallest absolute Gasteiger partial charge is 0.219 e. The van der Waals surface area contributed by atoms with Crippen LogP contribution in [-0.2, 0) is 27.2 Å². The standard InChI is InChI=1S/C27H27N5O3/c1-18(33)30-13-9-25-23(16-30)26(29-32(25)20-10-14-35-15-11-20)22-4-3-12-31-17-24(28-27(22)31)19-5-7-21(34-2)8-6-19/h3-5,7,12,17,20H,9-11,13-16H2,1-2H3. The van der Waals surface area contributed by atoms with Gasteiger partial charge in [0.25, 0.3) is 0 Å². The second-order valence-electron chi connectivity index (χ2n) is 9.10. The number of carbonyl (C=O) groups excluding carboxylic acids is 1. The van der Waals surface area contributed by atoms with Crippen LogP contribution < -0.4 is 0 Å². The number of hydrogen-bond donors (Lipinski definition) is 0. The number of ether oxygens (including phenoxy) is 2. The van der Waals surface area contributed by atoms with E-state index in [9.17, 15) is 4.79 Å². The fourth-order valence-electron chi connectivity index (χ4n) is 5.13. The van der Waals surface area contributed by atoms with Crippen molar-refractivity contribution in [1.82, 2.24) is 24.1 Å². The summed E-state index contributed by atoms with van der Waals surface area (Å²) in [6.07, 6.45) is 10.5. The number of methoxy groups -OCH3 is 1. The van der Waals surface area contributed by atoms with Crippen molar-refractivity contribution in [2.75, 3.05) is 26.9 Å². The van der Waals surface area contributed by atoms with Crippen molar-refractivity contribution in [3.8, 4) is 11.3 Å². The van der Waals surface area contributed by atoms with Crippen LogP contribution in [0, 0.1) is 0 Å². The number of allylic oxidation sites excluding steroid dienone is 3. The Morgan fingerprint density at radius 2 is 2.09 bits per heavy atom. The second kappa shape index (κ2) is 8.75. The van der Waals surface area contributed by atoms with Gasteiger partial charge in [-0.2, -0.15) is 5.10 Å². The molecule has 6 rings (SSSR count). The molecule has 0 saturated carbocycles. The molecule has 35 heavy (non-hydrogen) atoms. The number of carbonyl (C=O) groups is 1. The Morgan fingerprint density at radius 3 is 2.83 bits per heavy atom. The summed E-state index contributed by atoms with van der Waals surface area (Å²) in [5.41, 5.74) is 12.9. The first-order chi connectivity index (χ1) is 17.1. The number of imidazole rings is 1. The van der Waals surface area contributed by atoms with Crippen LogP contribution >= 0.6 is 0 Å². The minimum Gasteiger partial charge on any atom is -0.489 e. The zero-order valence-electron chi connectivity index (χ0n) is 20.0. The maximum absolute atomic E-state index is 12.2. The lowest BCUT2D eigenvalue weighted by atomic mass is 10.0. The Kier molecular flexibility index (Phi) is 5.42. The summed E-state index contributed by atoms with van der Waals surface area (Å²) in [4.78, 5) is 19.1. The molecule has 0 radical (unpaired) electrons. The highest BCUT2D eigenvalue weighted by molar-refractivity contribution is 5.82. The average molecular weight is 470 g/mol. The lowest BCUT2D eigenvalue weighted by Gasteiger charge is -2.29. The third kappa shape index (κ3) is 3.82. The second-order valence-corrected chi connectivity index (χ2v) is 9.10. The summed E-state index contributed by atoms with van der Waals surface area (Å²) in [5, 5.41) is 5.17. The fraction of sp³-hybridized carbons (Fsp3) is 0.370. The van der Waals surface area contributed by atoms with Crippen molar-refractivity contribution in [1.29, 1.82) is 0 Å². The minimum absolute atomic E-state index is 0.0908. The quantitative estimate of drug-likeness (QED) is 0.545. The Balaban J connectivity index is 1.49. The maximum Gasteiger partial charge on any atom is 0.219 e. The van der Waals surface area contributed by atoms with Gasteiger partial charge >= 0.3 is 0 Å². The molecule has 3 aromatic rings. The summed E-state index contributed by atoms with van der Waals surface area (Å²) >= 11 is 0. The van der Waals surface area contributed by atoms with Crippen molar-refractivity contribution in [3.63, 3.8) is 0 Å². The molecular formula is C27H27N5O3. The topological polar surface area (TPSA) is 73.9 Å². The van der Waals surface area contributed by atoms with Gasteiger partial charge in [-0.05, 0) is 42.9 Å². The van der Waals surface area contributed by atoms with E-state index in [2.05, 4.69) is 22.2 Å². The van der Waals surface area contributed by atoms with Crippen molar-refractivity contribution >= 4 is 17.1 Å². The Labute approximate surface area is 203 Å². The highest BCUT2D eigenvalue weighted by Gasteiger charge is 2.31. The van der Waals surface area contributed by atoms with Crippen LogP contribution in [0.15, 0.2) is 53.9 Å². The predicted octanol–water partition coefficient (Wildman–Crippen LogP) is 3.69. The van der Waals surface area contributed by atoms with Gasteiger partial charge in [-0.15, -0.1) is 0 Å². The first-order valence-corrected chi connectivity index (χ1v) is 12.0. The van der Waals surface area contributed by atoms with Gasteiger partial charge in [-0.1, -0.05) is 5.73 Å². The third-order valence-electron chi connectivity index (χ3n) is 7.02. The van der Waals surface area contributed by atoms with Crippen LogP contribution in [0.3, 0.4) is 0 Å². The predicted molar refractivity (Wildman–Crippen MR) is 130 cm³/mol. The average Bonchev–Trinajstić information content (AvgIpc) is 3.51. The number of hydrogen-bond acceptors (Lipinski definition) is 5. The van der Waals surface area contributed by atoms with Gasteiger partial charge in [0.05, 0.1) is 24.4 Å². The van der Waals surface area contributed by atoms with Crippen molar-refractivity contribution < 1.29 is 14.3 Å². The van der Waals surface area contributed by atoms with Crippen molar-refractivity contribution in [2.24, 2.45) is 0 Å². The van der Waals surface area contributed by atoms with E-state index in [0.29, 0.717) is 18.3 Å². The first-order valence-electron chi connectivity index (χ1n) is 12.0. The molecule has 0 atom stereocenters. The summed E-state index contributed by atoms with van der Waals surface area (Å²) in [5.74, 6) is 0.728. The monoisotopic (exact) mass is 469 g/mol. The number of nitrogens with zero attached hydrogens (tertiary/aromatic N) is 5. The summed E-state index contributed by atoms with van der Waals surface area (Å²) in [6.45, 7) is 4.43. The normalized spacial score (nSPS) is 17.9. The van der Waals surface area contributed by atoms with E-state index in [-0.39, 0.29) is 5.91 Å². The molecule has 1 fully saturated rings. The van der Waals surface area contributed by atoms with Gasteiger partial charge < -0.3 is 18.8 Å². The summed E-state index contributed by atoms with van der Waals surface area (Å²) < 4.78 is 15.0. The third-order valence-corrected chi connectivity index (χ3v) is 7.02. The first kappa shape index (κ1) is 21.7. The number of pyridine rings is 1. The summed E-state index contributed by atoms with van der Waals surface area (Å²) in [6, 6.07) is 4.40. The Hall–Kier alpha value is -3.83. The molecule has 0 spiro atoms. The van der Waals surface area contributed by atoms with E-state index < -0.39 is 0 Å². The van der Waals surface area contributed by atoms with Gasteiger partial charge in [-0.25, -0.2) is 4.98 Å². The number of aromatic nitrogens is 4. The molecule has 2 aliphatic heterocycles. The van der Waals surface area contributed by atoms with E-state index in [0.717, 1.165) is 72.8 Å². The zero-order chi connectivity index (χ0) is 23.9. The van der Waals surface area contributed by atoms with E-state index in [1.165, 1.54) is 5.69 Å². The number of fused-ring (bicyclic) bond motifs is 2. The molecule has 0 bridgehead atoms. The molecule has 8 nitrogen and oxygen atoms in total. The van der Waals surface area contributed by atoms with E-state index >= 15 is 0 Å². The molecule has 3 aliphatic rings. The summed E-state index contributed by atoms with van der Waals surface area (Å²) in [7, 11) is 1.62. The lowest BCUT2D eigenvalue weighted by Crippen LogP contribution is -2.35. The van der Waals surface area contributed by atoms with Crippen LogP contribution in [0.5, 0.6) is 0 Å². The van der Waals surface area contributed by atoms with Gasteiger partial charge in [0.15, 0.2) is 5.76 Å². The van der Waals surface area contributed by atoms with Crippen LogP contribution in [0.2, 0.25) is 0 Å². The molecule has 3 aromatic heterocycles. The highest BCUT2D eigenvalue weighted by atomic mass is 16.5.